The van der Waals surface area contributed by atoms with Crippen molar-refractivity contribution in [1.29, 1.82) is 0 Å². The van der Waals surface area contributed by atoms with E-state index in [0.717, 1.165) is 36.1 Å². The molecule has 0 saturated heterocycles. The fraction of sp³-hybridized carbons (Fsp3) is 1.00. The highest BCUT2D eigenvalue weighted by Gasteiger charge is 2.54. The van der Waals surface area contributed by atoms with Gasteiger partial charge in [-0.2, -0.15) is 0 Å². The molecular formula is C11H19N. The van der Waals surface area contributed by atoms with Crippen LogP contribution in [0.4, 0.5) is 0 Å². The monoisotopic (exact) mass is 165 g/mol. The summed E-state index contributed by atoms with van der Waals surface area (Å²) >= 11 is 0. The van der Waals surface area contributed by atoms with Gasteiger partial charge in [-0.15, -0.1) is 0 Å². The van der Waals surface area contributed by atoms with Gasteiger partial charge in [-0.25, -0.2) is 0 Å². The van der Waals surface area contributed by atoms with Crippen molar-refractivity contribution in [3.05, 3.63) is 0 Å². The van der Waals surface area contributed by atoms with Crippen LogP contribution in [-0.4, -0.2) is 6.54 Å². The minimum atomic E-state index is 0.931. The molecule has 0 aromatic carbocycles. The minimum absolute atomic E-state index is 0.931. The summed E-state index contributed by atoms with van der Waals surface area (Å²) < 4.78 is 0. The van der Waals surface area contributed by atoms with Crippen LogP contribution in [0.3, 0.4) is 0 Å². The van der Waals surface area contributed by atoms with Crippen LogP contribution in [-0.2, 0) is 0 Å². The van der Waals surface area contributed by atoms with Crippen molar-refractivity contribution in [2.75, 3.05) is 6.54 Å². The molecule has 1 nitrogen and oxygen atoms in total. The van der Waals surface area contributed by atoms with Gasteiger partial charge >= 0.3 is 0 Å². The van der Waals surface area contributed by atoms with E-state index in [1.165, 1.54) is 32.1 Å². The maximum atomic E-state index is 5.86. The van der Waals surface area contributed by atoms with E-state index in [2.05, 4.69) is 0 Å². The Kier molecular flexibility index (Phi) is 1.52. The number of fused-ring (bicyclic) bond motifs is 5. The smallest absolute Gasteiger partial charge is 0.00434 e. The summed E-state index contributed by atoms with van der Waals surface area (Å²) in [4.78, 5) is 0. The van der Waals surface area contributed by atoms with E-state index >= 15 is 0 Å². The lowest BCUT2D eigenvalue weighted by Crippen LogP contribution is -2.20. The van der Waals surface area contributed by atoms with Gasteiger partial charge in [-0.1, -0.05) is 6.42 Å². The highest BCUT2D eigenvalue weighted by molar-refractivity contribution is 5.04. The summed E-state index contributed by atoms with van der Waals surface area (Å²) in [5.74, 6) is 5.25. The number of hydrogen-bond donors (Lipinski definition) is 1. The Morgan fingerprint density at radius 1 is 0.833 bits per heavy atom. The third-order valence-corrected chi connectivity index (χ3v) is 4.93. The molecule has 2 bridgehead atoms. The summed E-state index contributed by atoms with van der Waals surface area (Å²) in [6.45, 7) is 0.975. The van der Waals surface area contributed by atoms with Gasteiger partial charge in [0.05, 0.1) is 0 Å². The van der Waals surface area contributed by atoms with Crippen LogP contribution in [0.2, 0.25) is 0 Å². The normalized spacial score (nSPS) is 56.2. The van der Waals surface area contributed by atoms with Crippen molar-refractivity contribution in [2.45, 2.75) is 32.1 Å². The zero-order valence-corrected chi connectivity index (χ0v) is 7.71. The molecule has 0 aliphatic heterocycles. The van der Waals surface area contributed by atoms with Crippen LogP contribution in [0.1, 0.15) is 32.1 Å². The Morgan fingerprint density at radius 3 is 1.92 bits per heavy atom. The Hall–Kier alpha value is -0.0400. The maximum absolute atomic E-state index is 5.86. The first-order valence-electron chi connectivity index (χ1n) is 5.62. The Labute approximate surface area is 74.7 Å². The summed E-state index contributed by atoms with van der Waals surface area (Å²) in [5, 5.41) is 0. The van der Waals surface area contributed by atoms with Crippen molar-refractivity contribution in [2.24, 2.45) is 35.3 Å². The predicted molar refractivity (Wildman–Crippen MR) is 49.6 cm³/mol. The second-order valence-electron chi connectivity index (χ2n) is 5.06. The third kappa shape index (κ3) is 0.736. The summed E-state index contributed by atoms with van der Waals surface area (Å²) in [6.07, 6.45) is 7.59. The highest BCUT2D eigenvalue weighted by atomic mass is 14.7. The van der Waals surface area contributed by atoms with Gasteiger partial charge in [-0.3, -0.25) is 0 Å². The molecule has 2 N–H and O–H groups in total. The first kappa shape index (κ1) is 7.37. The fourth-order valence-electron chi connectivity index (χ4n) is 4.62. The largest absolute Gasteiger partial charge is 0.330 e. The van der Waals surface area contributed by atoms with E-state index in [9.17, 15) is 0 Å². The summed E-state index contributed by atoms with van der Waals surface area (Å²) in [5.41, 5.74) is 5.86. The van der Waals surface area contributed by atoms with E-state index in [0.29, 0.717) is 0 Å². The zero-order valence-electron chi connectivity index (χ0n) is 7.71. The van der Waals surface area contributed by atoms with Crippen molar-refractivity contribution in [3.63, 3.8) is 0 Å². The SMILES string of the molecule is NCC1C2CCC1C1CCCC21. The van der Waals surface area contributed by atoms with Crippen LogP contribution >= 0.6 is 0 Å². The molecule has 3 fully saturated rings. The average Bonchev–Trinajstić information content (AvgIpc) is 2.75. The van der Waals surface area contributed by atoms with Gasteiger partial charge in [0.25, 0.3) is 0 Å². The average molecular weight is 165 g/mol. The van der Waals surface area contributed by atoms with Gasteiger partial charge in [-0.05, 0) is 61.8 Å². The van der Waals surface area contributed by atoms with Gasteiger partial charge in [0.15, 0.2) is 0 Å². The molecule has 0 aromatic heterocycles. The molecule has 3 rings (SSSR count). The van der Waals surface area contributed by atoms with Gasteiger partial charge < -0.3 is 5.73 Å². The quantitative estimate of drug-likeness (QED) is 0.632. The molecule has 4 atom stereocenters. The summed E-state index contributed by atoms with van der Waals surface area (Å²) in [6, 6.07) is 0. The van der Waals surface area contributed by atoms with Gasteiger partial charge in [0.1, 0.15) is 0 Å². The molecular weight excluding hydrogens is 146 g/mol. The molecule has 4 unspecified atom stereocenters. The second kappa shape index (κ2) is 2.47. The van der Waals surface area contributed by atoms with E-state index in [-0.39, 0.29) is 0 Å². The molecule has 3 aliphatic rings. The van der Waals surface area contributed by atoms with Crippen LogP contribution in [0.25, 0.3) is 0 Å². The van der Waals surface area contributed by atoms with E-state index < -0.39 is 0 Å². The second-order valence-corrected chi connectivity index (χ2v) is 5.06. The molecule has 0 radical (unpaired) electrons. The molecule has 0 amide bonds. The van der Waals surface area contributed by atoms with E-state index in [1.807, 2.05) is 0 Å². The molecule has 0 spiro atoms. The number of hydrogen-bond acceptors (Lipinski definition) is 1. The van der Waals surface area contributed by atoms with Crippen LogP contribution < -0.4 is 5.73 Å². The predicted octanol–water partition coefficient (Wildman–Crippen LogP) is 2.02. The Balaban J connectivity index is 1.88. The van der Waals surface area contributed by atoms with Crippen LogP contribution in [0.15, 0.2) is 0 Å². The van der Waals surface area contributed by atoms with Crippen LogP contribution in [0.5, 0.6) is 0 Å². The topological polar surface area (TPSA) is 26.0 Å². The zero-order chi connectivity index (χ0) is 8.13. The van der Waals surface area contributed by atoms with Crippen molar-refractivity contribution < 1.29 is 0 Å². The standard InChI is InChI=1S/C11H19N/c12-6-11-9-4-5-10(11)8-3-1-2-7(8)9/h7-11H,1-6,12H2. The fourth-order valence-corrected chi connectivity index (χ4v) is 4.62. The minimum Gasteiger partial charge on any atom is -0.330 e. The van der Waals surface area contributed by atoms with E-state index in [4.69, 9.17) is 5.73 Å². The van der Waals surface area contributed by atoms with Gasteiger partial charge in [0, 0.05) is 0 Å². The molecule has 1 heteroatoms. The van der Waals surface area contributed by atoms with Crippen molar-refractivity contribution >= 4 is 0 Å². The Bertz CT molecular complexity index is 167. The lowest BCUT2D eigenvalue weighted by atomic mass is 9.82. The Morgan fingerprint density at radius 2 is 1.42 bits per heavy atom. The first-order valence-corrected chi connectivity index (χ1v) is 5.62. The highest BCUT2D eigenvalue weighted by Crippen LogP contribution is 2.61. The van der Waals surface area contributed by atoms with Crippen LogP contribution in [0, 0.1) is 29.6 Å². The maximum Gasteiger partial charge on any atom is -0.00434 e. The van der Waals surface area contributed by atoms with Crippen molar-refractivity contribution in [1.82, 2.24) is 0 Å². The third-order valence-electron chi connectivity index (χ3n) is 4.93. The molecule has 0 aromatic rings. The number of nitrogens with two attached hydrogens (primary N) is 1. The first-order chi connectivity index (χ1) is 5.92. The lowest BCUT2D eigenvalue weighted by Gasteiger charge is -2.23. The molecule has 0 heterocycles. The van der Waals surface area contributed by atoms with Gasteiger partial charge in [0.2, 0.25) is 0 Å². The van der Waals surface area contributed by atoms with E-state index in [1.54, 1.807) is 0 Å². The van der Waals surface area contributed by atoms with Crippen molar-refractivity contribution in [3.8, 4) is 0 Å². The molecule has 68 valence electrons. The molecule has 12 heavy (non-hydrogen) atoms. The molecule has 3 aliphatic carbocycles. The number of rotatable bonds is 1. The lowest BCUT2D eigenvalue weighted by molar-refractivity contribution is 0.259. The molecule has 3 saturated carbocycles. The summed E-state index contributed by atoms with van der Waals surface area (Å²) in [7, 11) is 0.